The molecule has 0 saturated heterocycles. The fourth-order valence-corrected chi connectivity index (χ4v) is 2.07. The van der Waals surface area contributed by atoms with Crippen LogP contribution in [0.3, 0.4) is 0 Å². The highest BCUT2D eigenvalue weighted by Gasteiger charge is 2.26. The largest absolute Gasteiger partial charge is 0.302 e. The first kappa shape index (κ1) is 12.5. The number of nitrogens with zero attached hydrogens (tertiary/aromatic N) is 1. The van der Waals surface area contributed by atoms with Crippen LogP contribution in [0.5, 0.6) is 0 Å². The van der Waals surface area contributed by atoms with Crippen molar-refractivity contribution in [2.24, 2.45) is 0 Å². The van der Waals surface area contributed by atoms with Crippen LogP contribution in [0.4, 0.5) is 0 Å². The van der Waals surface area contributed by atoms with Crippen molar-refractivity contribution in [1.82, 2.24) is 4.98 Å². The topological polar surface area (TPSA) is 30.0 Å². The number of pyridine rings is 1. The van der Waals surface area contributed by atoms with Crippen LogP contribution in [0.15, 0.2) is 48.8 Å². The Bertz CT molecular complexity index is 519. The first-order valence-corrected chi connectivity index (χ1v) is 6.06. The Balaban J connectivity index is 2.30. The lowest BCUT2D eigenvalue weighted by Crippen LogP contribution is -2.26. The fraction of sp³-hybridized carbons (Fsp3) is 0.250. The standard InChI is InChI=1S/C16H17NO/c1-13-5-7-15(8-6-13)16(2,12-18)10-14-4-3-9-17-11-14/h3-9,11-12H,10H2,1-2H3. The van der Waals surface area contributed by atoms with Gasteiger partial charge in [-0.3, -0.25) is 4.98 Å². The van der Waals surface area contributed by atoms with Crippen LogP contribution in [0.25, 0.3) is 0 Å². The molecule has 1 heterocycles. The summed E-state index contributed by atoms with van der Waals surface area (Å²) < 4.78 is 0. The molecule has 2 nitrogen and oxygen atoms in total. The maximum atomic E-state index is 11.5. The molecule has 2 heteroatoms. The summed E-state index contributed by atoms with van der Waals surface area (Å²) in [5, 5.41) is 0. The van der Waals surface area contributed by atoms with Crippen molar-refractivity contribution in [1.29, 1.82) is 0 Å². The summed E-state index contributed by atoms with van der Waals surface area (Å²) in [6.45, 7) is 4.01. The number of carbonyl (C=O) groups excluding carboxylic acids is 1. The van der Waals surface area contributed by atoms with Gasteiger partial charge in [-0.15, -0.1) is 0 Å². The van der Waals surface area contributed by atoms with E-state index in [1.807, 2.05) is 56.4 Å². The van der Waals surface area contributed by atoms with Gasteiger partial charge in [0.2, 0.25) is 0 Å². The first-order valence-electron chi connectivity index (χ1n) is 6.06. The van der Waals surface area contributed by atoms with E-state index in [2.05, 4.69) is 4.98 Å². The van der Waals surface area contributed by atoms with Crippen molar-refractivity contribution in [3.05, 3.63) is 65.5 Å². The second-order valence-corrected chi connectivity index (χ2v) is 4.94. The van der Waals surface area contributed by atoms with Gasteiger partial charge in [0.1, 0.15) is 6.29 Å². The predicted molar refractivity (Wildman–Crippen MR) is 72.5 cm³/mol. The van der Waals surface area contributed by atoms with Crippen LogP contribution in [-0.2, 0) is 16.6 Å². The number of hydrogen-bond acceptors (Lipinski definition) is 2. The Morgan fingerprint density at radius 2 is 1.94 bits per heavy atom. The van der Waals surface area contributed by atoms with Gasteiger partial charge in [0.25, 0.3) is 0 Å². The van der Waals surface area contributed by atoms with E-state index in [1.54, 1.807) is 6.20 Å². The molecule has 0 bridgehead atoms. The van der Waals surface area contributed by atoms with Gasteiger partial charge in [-0.05, 0) is 37.5 Å². The minimum atomic E-state index is -0.489. The lowest BCUT2D eigenvalue weighted by atomic mass is 9.79. The van der Waals surface area contributed by atoms with Crippen LogP contribution in [-0.4, -0.2) is 11.3 Å². The molecule has 0 aliphatic heterocycles. The van der Waals surface area contributed by atoms with Crippen LogP contribution in [0, 0.1) is 6.92 Å². The van der Waals surface area contributed by atoms with Gasteiger partial charge in [-0.25, -0.2) is 0 Å². The molecule has 0 radical (unpaired) electrons. The lowest BCUT2D eigenvalue weighted by molar-refractivity contribution is -0.112. The number of aryl methyl sites for hydroxylation is 1. The molecule has 0 aliphatic rings. The molecule has 0 fully saturated rings. The smallest absolute Gasteiger partial charge is 0.130 e. The van der Waals surface area contributed by atoms with E-state index in [0.717, 1.165) is 17.4 Å². The zero-order chi connectivity index (χ0) is 13.0. The van der Waals surface area contributed by atoms with Gasteiger partial charge in [0.05, 0.1) is 5.41 Å². The Morgan fingerprint density at radius 3 is 2.50 bits per heavy atom. The minimum Gasteiger partial charge on any atom is -0.302 e. The minimum absolute atomic E-state index is 0.489. The maximum absolute atomic E-state index is 11.5. The molecule has 1 atom stereocenters. The number of hydrogen-bond donors (Lipinski definition) is 0. The molecule has 2 rings (SSSR count). The Morgan fingerprint density at radius 1 is 1.22 bits per heavy atom. The average Bonchev–Trinajstić information content (AvgIpc) is 2.40. The second-order valence-electron chi connectivity index (χ2n) is 4.94. The van der Waals surface area contributed by atoms with Crippen molar-refractivity contribution in [2.75, 3.05) is 0 Å². The molecule has 1 aromatic heterocycles. The van der Waals surface area contributed by atoms with Crippen LogP contribution < -0.4 is 0 Å². The molecular weight excluding hydrogens is 222 g/mol. The van der Waals surface area contributed by atoms with E-state index in [1.165, 1.54) is 5.56 Å². The molecule has 18 heavy (non-hydrogen) atoms. The van der Waals surface area contributed by atoms with E-state index in [-0.39, 0.29) is 0 Å². The van der Waals surface area contributed by atoms with Crippen molar-refractivity contribution in [3.63, 3.8) is 0 Å². The van der Waals surface area contributed by atoms with Gasteiger partial charge in [0.15, 0.2) is 0 Å². The molecule has 0 amide bonds. The molecule has 0 aliphatic carbocycles. The van der Waals surface area contributed by atoms with E-state index in [9.17, 15) is 4.79 Å². The van der Waals surface area contributed by atoms with Gasteiger partial charge < -0.3 is 4.79 Å². The number of carbonyl (C=O) groups is 1. The van der Waals surface area contributed by atoms with Crippen molar-refractivity contribution in [3.8, 4) is 0 Å². The normalized spacial score (nSPS) is 13.9. The SMILES string of the molecule is Cc1ccc(C(C)(C=O)Cc2cccnc2)cc1. The van der Waals surface area contributed by atoms with Gasteiger partial charge in [0, 0.05) is 12.4 Å². The van der Waals surface area contributed by atoms with Crippen molar-refractivity contribution in [2.45, 2.75) is 25.7 Å². The number of aromatic nitrogens is 1. The third-order valence-electron chi connectivity index (χ3n) is 3.27. The highest BCUT2D eigenvalue weighted by molar-refractivity contribution is 5.68. The van der Waals surface area contributed by atoms with Gasteiger partial charge in [-0.2, -0.15) is 0 Å². The summed E-state index contributed by atoms with van der Waals surface area (Å²) in [5.41, 5.74) is 2.84. The molecule has 1 aromatic carbocycles. The zero-order valence-electron chi connectivity index (χ0n) is 10.8. The van der Waals surface area contributed by atoms with Crippen molar-refractivity contribution >= 4 is 6.29 Å². The molecule has 2 aromatic rings. The first-order chi connectivity index (χ1) is 8.64. The van der Waals surface area contributed by atoms with E-state index < -0.39 is 5.41 Å². The lowest BCUT2D eigenvalue weighted by Gasteiger charge is -2.23. The molecule has 0 N–H and O–H groups in total. The van der Waals surface area contributed by atoms with Crippen LogP contribution in [0.2, 0.25) is 0 Å². The summed E-state index contributed by atoms with van der Waals surface area (Å²) in [7, 11) is 0. The molecular formula is C16H17NO. The van der Waals surface area contributed by atoms with Crippen LogP contribution >= 0.6 is 0 Å². The zero-order valence-corrected chi connectivity index (χ0v) is 10.8. The Kier molecular flexibility index (Phi) is 3.56. The molecule has 0 saturated carbocycles. The monoisotopic (exact) mass is 239 g/mol. The molecule has 92 valence electrons. The van der Waals surface area contributed by atoms with Crippen LogP contribution in [0.1, 0.15) is 23.6 Å². The number of benzene rings is 1. The molecule has 0 spiro atoms. The second kappa shape index (κ2) is 5.13. The van der Waals surface area contributed by atoms with Gasteiger partial charge >= 0.3 is 0 Å². The van der Waals surface area contributed by atoms with E-state index in [4.69, 9.17) is 0 Å². The van der Waals surface area contributed by atoms with Gasteiger partial charge in [-0.1, -0.05) is 35.9 Å². The third kappa shape index (κ3) is 2.65. The summed E-state index contributed by atoms with van der Waals surface area (Å²) in [6, 6.07) is 12.0. The fourth-order valence-electron chi connectivity index (χ4n) is 2.07. The summed E-state index contributed by atoms with van der Waals surface area (Å²) in [6.07, 6.45) is 5.27. The Labute approximate surface area is 108 Å². The van der Waals surface area contributed by atoms with Crippen molar-refractivity contribution < 1.29 is 4.79 Å². The highest BCUT2D eigenvalue weighted by atomic mass is 16.1. The highest BCUT2D eigenvalue weighted by Crippen LogP contribution is 2.26. The summed E-state index contributed by atoms with van der Waals surface area (Å²) >= 11 is 0. The van der Waals surface area contributed by atoms with E-state index >= 15 is 0 Å². The third-order valence-corrected chi connectivity index (χ3v) is 3.27. The maximum Gasteiger partial charge on any atom is 0.130 e. The van der Waals surface area contributed by atoms with E-state index in [0.29, 0.717) is 6.42 Å². The summed E-state index contributed by atoms with van der Waals surface area (Å²) in [5.74, 6) is 0. The number of rotatable bonds is 4. The Hall–Kier alpha value is -1.96. The predicted octanol–water partition coefficient (Wildman–Crippen LogP) is 3.09. The quantitative estimate of drug-likeness (QED) is 0.767. The molecule has 1 unspecified atom stereocenters. The average molecular weight is 239 g/mol. The number of aldehydes is 1. The summed E-state index contributed by atoms with van der Waals surface area (Å²) in [4.78, 5) is 15.6.